The van der Waals surface area contributed by atoms with Gasteiger partial charge in [0.25, 0.3) is 0 Å². The molecule has 1 atom stereocenters. The molecule has 130 valence electrons. The Kier molecular flexibility index (Phi) is 4.15. The largest absolute Gasteiger partial charge is 0.317 e. The molecule has 3 nitrogen and oxygen atoms in total. The molecule has 1 fully saturated rings. The van der Waals surface area contributed by atoms with Gasteiger partial charge in [-0.25, -0.2) is 0 Å². The fourth-order valence-electron chi connectivity index (χ4n) is 3.84. The Hall–Kier alpha value is -2.30. The molecule has 5 rings (SSSR count). The predicted octanol–water partition coefficient (Wildman–Crippen LogP) is 4.43. The van der Waals surface area contributed by atoms with E-state index in [2.05, 4.69) is 81.4 Å². The number of thioether (sulfide) groups is 1. The molecule has 1 unspecified atom stereocenters. The fraction of sp³-hybridized carbons (Fsp3) is 0.227. The van der Waals surface area contributed by atoms with Crippen molar-refractivity contribution in [1.82, 2.24) is 14.9 Å². The zero-order chi connectivity index (χ0) is 17.3. The summed E-state index contributed by atoms with van der Waals surface area (Å²) in [7, 11) is 0. The second-order valence-corrected chi connectivity index (χ2v) is 8.23. The van der Waals surface area contributed by atoms with E-state index in [0.29, 0.717) is 5.25 Å². The van der Waals surface area contributed by atoms with Gasteiger partial charge in [-0.15, -0.1) is 0 Å². The van der Waals surface area contributed by atoms with Crippen LogP contribution in [-0.4, -0.2) is 33.6 Å². The molecule has 26 heavy (non-hydrogen) atoms. The lowest BCUT2D eigenvalue weighted by atomic mass is 10.0. The third-order valence-corrected chi connectivity index (χ3v) is 6.38. The molecule has 2 aromatic heterocycles. The average Bonchev–Trinajstić information content (AvgIpc) is 3.14. The number of hydrogen-bond acceptors (Lipinski definition) is 3. The van der Waals surface area contributed by atoms with Crippen molar-refractivity contribution in [2.24, 2.45) is 0 Å². The Labute approximate surface area is 157 Å². The van der Waals surface area contributed by atoms with E-state index >= 15 is 0 Å². The highest BCUT2D eigenvalue weighted by Gasteiger charge is 2.16. The van der Waals surface area contributed by atoms with Crippen molar-refractivity contribution in [2.75, 3.05) is 18.8 Å². The van der Waals surface area contributed by atoms with Gasteiger partial charge < -0.3 is 9.88 Å². The summed E-state index contributed by atoms with van der Waals surface area (Å²) in [5.41, 5.74) is 4.95. The number of nitrogens with zero attached hydrogens (tertiary/aromatic N) is 2. The number of benzene rings is 2. The topological polar surface area (TPSA) is 29.9 Å². The summed E-state index contributed by atoms with van der Waals surface area (Å²) >= 11 is 2.09. The number of nitrogens with one attached hydrogen (secondary N) is 1. The van der Waals surface area contributed by atoms with Crippen LogP contribution in [0.5, 0.6) is 0 Å². The minimum Gasteiger partial charge on any atom is -0.317 e. The second-order valence-electron chi connectivity index (χ2n) is 6.82. The second kappa shape index (κ2) is 6.78. The van der Waals surface area contributed by atoms with Crippen LogP contribution in [0.4, 0.5) is 0 Å². The molecule has 0 aliphatic carbocycles. The minimum absolute atomic E-state index is 0.671. The third kappa shape index (κ3) is 2.89. The number of aromatic nitrogens is 2. The van der Waals surface area contributed by atoms with Gasteiger partial charge in [-0.3, -0.25) is 4.98 Å². The summed E-state index contributed by atoms with van der Waals surface area (Å²) in [4.78, 5) is 4.43. The lowest BCUT2D eigenvalue weighted by Gasteiger charge is -2.22. The fourth-order valence-corrected chi connectivity index (χ4v) is 4.97. The summed E-state index contributed by atoms with van der Waals surface area (Å²) < 4.78 is 2.29. The Bertz CT molecular complexity index is 1060. The van der Waals surface area contributed by atoms with Crippen LogP contribution in [0.1, 0.15) is 5.56 Å². The SMILES string of the molecule is c1cnc2ccc(-n3ccc4c(CC5CNCCS5)cccc43)cc2c1. The van der Waals surface area contributed by atoms with Gasteiger partial charge in [0.15, 0.2) is 0 Å². The lowest BCUT2D eigenvalue weighted by Crippen LogP contribution is -2.33. The quantitative estimate of drug-likeness (QED) is 0.587. The highest BCUT2D eigenvalue weighted by molar-refractivity contribution is 8.00. The Balaban J connectivity index is 1.55. The molecule has 0 amide bonds. The van der Waals surface area contributed by atoms with E-state index < -0.39 is 0 Å². The van der Waals surface area contributed by atoms with Gasteiger partial charge in [0, 0.05) is 52.9 Å². The zero-order valence-corrected chi connectivity index (χ0v) is 15.4. The third-order valence-electron chi connectivity index (χ3n) is 5.14. The predicted molar refractivity (Wildman–Crippen MR) is 111 cm³/mol. The summed E-state index contributed by atoms with van der Waals surface area (Å²) in [6, 6.07) is 19.5. The summed E-state index contributed by atoms with van der Waals surface area (Å²) in [5, 5.41) is 6.73. The van der Waals surface area contributed by atoms with Gasteiger partial charge in [-0.05, 0) is 48.4 Å². The molecule has 4 aromatic rings. The zero-order valence-electron chi connectivity index (χ0n) is 14.6. The number of hydrogen-bond donors (Lipinski definition) is 1. The molecule has 2 aromatic carbocycles. The maximum absolute atomic E-state index is 4.43. The van der Waals surface area contributed by atoms with Crippen molar-refractivity contribution in [3.8, 4) is 5.69 Å². The lowest BCUT2D eigenvalue weighted by molar-refractivity contribution is 0.668. The summed E-state index contributed by atoms with van der Waals surface area (Å²) in [5.74, 6) is 1.22. The normalized spacial score (nSPS) is 17.8. The summed E-state index contributed by atoms with van der Waals surface area (Å²) in [6.07, 6.45) is 5.16. The highest BCUT2D eigenvalue weighted by Crippen LogP contribution is 2.28. The molecule has 1 aliphatic heterocycles. The first kappa shape index (κ1) is 15.9. The number of rotatable bonds is 3. The van der Waals surface area contributed by atoms with Crippen molar-refractivity contribution in [1.29, 1.82) is 0 Å². The first-order valence-corrected chi connectivity index (χ1v) is 10.2. The van der Waals surface area contributed by atoms with Crippen LogP contribution < -0.4 is 5.32 Å². The molecule has 3 heterocycles. The van der Waals surface area contributed by atoms with Crippen LogP contribution >= 0.6 is 11.8 Å². The van der Waals surface area contributed by atoms with Crippen LogP contribution in [0.2, 0.25) is 0 Å². The minimum atomic E-state index is 0.671. The first-order chi connectivity index (χ1) is 12.9. The molecule has 0 bridgehead atoms. The van der Waals surface area contributed by atoms with Crippen LogP contribution in [0.3, 0.4) is 0 Å². The van der Waals surface area contributed by atoms with E-state index in [9.17, 15) is 0 Å². The molecule has 0 saturated carbocycles. The number of pyridine rings is 1. The molecule has 4 heteroatoms. The molecule has 1 saturated heterocycles. The van der Waals surface area contributed by atoms with Crippen LogP contribution in [0, 0.1) is 0 Å². The Morgan fingerprint density at radius 2 is 2.12 bits per heavy atom. The van der Waals surface area contributed by atoms with Crippen molar-refractivity contribution in [3.63, 3.8) is 0 Å². The monoisotopic (exact) mass is 359 g/mol. The molecular weight excluding hydrogens is 338 g/mol. The van der Waals surface area contributed by atoms with Gasteiger partial charge in [0.05, 0.1) is 11.0 Å². The average molecular weight is 359 g/mol. The van der Waals surface area contributed by atoms with Crippen LogP contribution in [0.15, 0.2) is 67.0 Å². The van der Waals surface area contributed by atoms with E-state index in [1.165, 1.54) is 33.3 Å². The molecular formula is C22H21N3S. The van der Waals surface area contributed by atoms with Crippen molar-refractivity contribution < 1.29 is 0 Å². The van der Waals surface area contributed by atoms with Crippen molar-refractivity contribution >= 4 is 33.6 Å². The number of fused-ring (bicyclic) bond motifs is 2. The van der Waals surface area contributed by atoms with Crippen molar-refractivity contribution in [3.05, 3.63) is 72.6 Å². The molecule has 0 spiro atoms. The Morgan fingerprint density at radius 1 is 1.12 bits per heavy atom. The van der Waals surface area contributed by atoms with Crippen LogP contribution in [-0.2, 0) is 6.42 Å². The molecule has 0 radical (unpaired) electrons. The van der Waals surface area contributed by atoms with Gasteiger partial charge in [0.1, 0.15) is 0 Å². The molecule has 1 aliphatic rings. The standard InChI is InChI=1S/C22H21N3S/c1-3-16(14-19-15-23-10-12-26-19)20-8-11-25(22(20)5-1)18-6-7-21-17(13-18)4-2-9-24-21/h1-9,11,13,19,23H,10,12,14-15H2. The maximum atomic E-state index is 4.43. The Morgan fingerprint density at radius 3 is 3.04 bits per heavy atom. The van der Waals surface area contributed by atoms with Gasteiger partial charge >= 0.3 is 0 Å². The van der Waals surface area contributed by atoms with Gasteiger partial charge in [-0.1, -0.05) is 18.2 Å². The van der Waals surface area contributed by atoms with E-state index in [1.807, 2.05) is 12.3 Å². The van der Waals surface area contributed by atoms with E-state index in [4.69, 9.17) is 0 Å². The van der Waals surface area contributed by atoms with Gasteiger partial charge in [-0.2, -0.15) is 11.8 Å². The maximum Gasteiger partial charge on any atom is 0.0703 e. The van der Waals surface area contributed by atoms with E-state index in [0.717, 1.165) is 25.0 Å². The van der Waals surface area contributed by atoms with E-state index in [1.54, 1.807) is 0 Å². The smallest absolute Gasteiger partial charge is 0.0703 e. The summed E-state index contributed by atoms with van der Waals surface area (Å²) in [6.45, 7) is 2.25. The first-order valence-electron chi connectivity index (χ1n) is 9.15. The van der Waals surface area contributed by atoms with Gasteiger partial charge in [0.2, 0.25) is 0 Å². The molecule has 1 N–H and O–H groups in total. The van der Waals surface area contributed by atoms with Crippen molar-refractivity contribution in [2.45, 2.75) is 11.7 Å². The van der Waals surface area contributed by atoms with Crippen LogP contribution in [0.25, 0.3) is 27.5 Å². The highest BCUT2D eigenvalue weighted by atomic mass is 32.2. The van der Waals surface area contributed by atoms with E-state index in [-0.39, 0.29) is 0 Å².